The molecule has 0 amide bonds. The van der Waals surface area contributed by atoms with E-state index in [-0.39, 0.29) is 20.6 Å². The second-order valence-corrected chi connectivity index (χ2v) is 6.73. The van der Waals surface area contributed by atoms with Crippen molar-refractivity contribution in [1.29, 1.82) is 0 Å². The highest BCUT2D eigenvalue weighted by Crippen LogP contribution is 2.23. The Morgan fingerprint density at radius 2 is 1.91 bits per heavy atom. The van der Waals surface area contributed by atoms with Gasteiger partial charge in [0.2, 0.25) is 0 Å². The molecule has 0 spiro atoms. The smallest absolute Gasteiger partial charge is 0.339 e. The van der Waals surface area contributed by atoms with E-state index in [1.54, 1.807) is 0 Å². The molecule has 0 radical (unpaired) electrons. The van der Waals surface area contributed by atoms with Crippen molar-refractivity contribution in [3.63, 3.8) is 0 Å². The van der Waals surface area contributed by atoms with Crippen LogP contribution in [0.5, 0.6) is 0 Å². The van der Waals surface area contributed by atoms with Gasteiger partial charge in [-0.15, -0.1) is 0 Å². The van der Waals surface area contributed by atoms with Crippen LogP contribution in [0.25, 0.3) is 0 Å². The fourth-order valence-electron chi connectivity index (χ4n) is 1.75. The van der Waals surface area contributed by atoms with Gasteiger partial charge in [-0.2, -0.15) is 0 Å². The average molecular weight is 388 g/mol. The first-order valence-electron chi connectivity index (χ1n) is 6.00. The zero-order chi connectivity index (χ0) is 16.3. The van der Waals surface area contributed by atoms with Crippen LogP contribution < -0.4 is 4.72 Å². The first-order chi connectivity index (χ1) is 10.3. The number of halogens is 2. The molecule has 0 fully saturated rings. The minimum Gasteiger partial charge on any atom is -0.465 e. The van der Waals surface area contributed by atoms with E-state index in [1.807, 2.05) is 0 Å². The summed E-state index contributed by atoms with van der Waals surface area (Å²) in [5, 5.41) is 0. The van der Waals surface area contributed by atoms with Crippen molar-refractivity contribution in [2.75, 3.05) is 11.8 Å². The first-order valence-corrected chi connectivity index (χ1v) is 8.28. The number of sulfonamides is 1. The van der Waals surface area contributed by atoms with Gasteiger partial charge >= 0.3 is 5.97 Å². The van der Waals surface area contributed by atoms with E-state index in [0.717, 1.165) is 13.2 Å². The Balaban J connectivity index is 2.43. The van der Waals surface area contributed by atoms with E-state index in [4.69, 9.17) is 0 Å². The van der Waals surface area contributed by atoms with Crippen LogP contribution >= 0.6 is 15.9 Å². The number of methoxy groups -OCH3 is 1. The van der Waals surface area contributed by atoms with Crippen molar-refractivity contribution in [2.45, 2.75) is 4.90 Å². The molecule has 0 aliphatic carbocycles. The van der Waals surface area contributed by atoms with Crippen LogP contribution in [0, 0.1) is 5.82 Å². The number of nitrogens with one attached hydrogen (secondary N) is 1. The lowest BCUT2D eigenvalue weighted by atomic mass is 10.2. The van der Waals surface area contributed by atoms with Crippen LogP contribution in [-0.4, -0.2) is 21.5 Å². The Morgan fingerprint density at radius 3 is 2.55 bits per heavy atom. The van der Waals surface area contributed by atoms with Crippen LogP contribution in [-0.2, 0) is 14.8 Å². The number of ether oxygens (including phenoxy) is 1. The summed E-state index contributed by atoms with van der Waals surface area (Å²) in [5.41, 5.74) is -0.0598. The van der Waals surface area contributed by atoms with E-state index in [9.17, 15) is 17.6 Å². The number of carbonyl (C=O) groups excluding carboxylic acids is 1. The van der Waals surface area contributed by atoms with Crippen LogP contribution in [0.3, 0.4) is 0 Å². The van der Waals surface area contributed by atoms with Crippen molar-refractivity contribution in [3.05, 3.63) is 58.3 Å². The summed E-state index contributed by atoms with van der Waals surface area (Å²) in [4.78, 5) is 11.4. The lowest BCUT2D eigenvalue weighted by molar-refractivity contribution is 0.0596. The third kappa shape index (κ3) is 3.45. The van der Waals surface area contributed by atoms with Gasteiger partial charge in [0.1, 0.15) is 10.7 Å². The topological polar surface area (TPSA) is 72.5 Å². The summed E-state index contributed by atoms with van der Waals surface area (Å²) in [7, 11) is -2.91. The maximum Gasteiger partial charge on any atom is 0.339 e. The summed E-state index contributed by atoms with van der Waals surface area (Å²) >= 11 is 2.98. The van der Waals surface area contributed by atoms with Crippen LogP contribution in [0.1, 0.15) is 10.4 Å². The van der Waals surface area contributed by atoms with E-state index < -0.39 is 21.8 Å². The maximum atomic E-state index is 13.5. The van der Waals surface area contributed by atoms with Gasteiger partial charge in [0.25, 0.3) is 10.0 Å². The molecule has 1 N–H and O–H groups in total. The molecule has 0 aliphatic heterocycles. The summed E-state index contributed by atoms with van der Waals surface area (Å²) in [6.07, 6.45) is 0. The Hall–Kier alpha value is -1.93. The van der Waals surface area contributed by atoms with Crippen LogP contribution in [0.4, 0.5) is 10.1 Å². The van der Waals surface area contributed by atoms with Gasteiger partial charge in [0.15, 0.2) is 0 Å². The van der Waals surface area contributed by atoms with Crippen molar-refractivity contribution < 1.29 is 22.3 Å². The third-order valence-corrected chi connectivity index (χ3v) is 4.84. The number of benzene rings is 2. The van der Waals surface area contributed by atoms with Crippen LogP contribution in [0.15, 0.2) is 51.8 Å². The molecular formula is C14H11BrFNO4S. The maximum absolute atomic E-state index is 13.5. The second-order valence-electron chi connectivity index (χ2n) is 4.22. The molecule has 0 aliphatic rings. The summed E-state index contributed by atoms with van der Waals surface area (Å²) < 4.78 is 45.2. The molecule has 0 saturated heterocycles. The summed E-state index contributed by atoms with van der Waals surface area (Å²) in [6, 6.07) is 9.40. The summed E-state index contributed by atoms with van der Waals surface area (Å²) in [5.74, 6) is -1.38. The fourth-order valence-corrected chi connectivity index (χ4v) is 3.24. The molecule has 2 aromatic carbocycles. The van der Waals surface area contributed by atoms with Crippen LogP contribution in [0.2, 0.25) is 0 Å². The Bertz CT molecular complexity index is 823. The van der Waals surface area contributed by atoms with Gasteiger partial charge < -0.3 is 4.74 Å². The van der Waals surface area contributed by atoms with Gasteiger partial charge in [-0.05, 0) is 46.3 Å². The fraction of sp³-hybridized carbons (Fsp3) is 0.0714. The molecule has 2 rings (SSSR count). The molecule has 8 heteroatoms. The van der Waals surface area contributed by atoms with E-state index in [1.165, 1.54) is 36.4 Å². The van der Waals surface area contributed by atoms with E-state index in [2.05, 4.69) is 25.4 Å². The van der Waals surface area contributed by atoms with Gasteiger partial charge in [-0.1, -0.05) is 12.1 Å². The Morgan fingerprint density at radius 1 is 1.23 bits per heavy atom. The standard InChI is InChI=1S/C14H11BrFNO4S/c1-21-14(18)10-4-2-3-5-13(10)22(19,20)17-9-6-7-11(15)12(16)8-9/h2-8,17H,1H3. The van der Waals surface area contributed by atoms with E-state index in [0.29, 0.717) is 0 Å². The number of carbonyl (C=O) groups is 1. The lowest BCUT2D eigenvalue weighted by Crippen LogP contribution is -2.17. The molecule has 0 unspecified atom stereocenters. The molecular weight excluding hydrogens is 377 g/mol. The van der Waals surface area contributed by atoms with Crippen molar-refractivity contribution in [3.8, 4) is 0 Å². The number of anilines is 1. The number of rotatable bonds is 4. The quantitative estimate of drug-likeness (QED) is 0.817. The average Bonchev–Trinajstić information content (AvgIpc) is 2.50. The highest BCUT2D eigenvalue weighted by atomic mass is 79.9. The molecule has 0 bridgehead atoms. The normalized spacial score (nSPS) is 11.0. The predicted molar refractivity (Wildman–Crippen MR) is 82.7 cm³/mol. The van der Waals surface area contributed by atoms with Gasteiger partial charge in [-0.3, -0.25) is 4.72 Å². The molecule has 116 valence electrons. The molecule has 22 heavy (non-hydrogen) atoms. The van der Waals surface area contributed by atoms with Gasteiger partial charge in [0.05, 0.1) is 22.8 Å². The van der Waals surface area contributed by atoms with E-state index >= 15 is 0 Å². The summed E-state index contributed by atoms with van der Waals surface area (Å²) in [6.45, 7) is 0. The highest BCUT2D eigenvalue weighted by molar-refractivity contribution is 9.10. The molecule has 0 heterocycles. The Labute approximate surface area is 135 Å². The van der Waals surface area contributed by atoms with Gasteiger partial charge in [0, 0.05) is 0 Å². The number of hydrogen-bond donors (Lipinski definition) is 1. The van der Waals surface area contributed by atoms with Crippen molar-refractivity contribution in [2.24, 2.45) is 0 Å². The number of hydrogen-bond acceptors (Lipinski definition) is 4. The third-order valence-electron chi connectivity index (χ3n) is 2.75. The minimum atomic E-state index is -4.06. The largest absolute Gasteiger partial charge is 0.465 e. The zero-order valence-corrected chi connectivity index (χ0v) is 13.7. The lowest BCUT2D eigenvalue weighted by Gasteiger charge is -2.11. The molecule has 0 atom stereocenters. The zero-order valence-electron chi connectivity index (χ0n) is 11.3. The minimum absolute atomic E-state index is 0.0420. The predicted octanol–water partition coefficient (Wildman–Crippen LogP) is 3.18. The second kappa shape index (κ2) is 6.45. The molecule has 0 aromatic heterocycles. The monoisotopic (exact) mass is 387 g/mol. The highest BCUT2D eigenvalue weighted by Gasteiger charge is 2.22. The molecule has 2 aromatic rings. The molecule has 5 nitrogen and oxygen atoms in total. The van der Waals surface area contributed by atoms with Crippen molar-refractivity contribution in [1.82, 2.24) is 0 Å². The molecule has 0 saturated carbocycles. The van der Waals surface area contributed by atoms with Gasteiger partial charge in [-0.25, -0.2) is 17.6 Å². The SMILES string of the molecule is COC(=O)c1ccccc1S(=O)(=O)Nc1ccc(Br)c(F)c1. The Kier molecular flexibility index (Phi) is 4.82. The van der Waals surface area contributed by atoms with Crippen molar-refractivity contribution >= 4 is 37.6 Å². The first kappa shape index (κ1) is 16.4. The number of esters is 1.